The number of ether oxygens (including phenoxy) is 1. The van der Waals surface area contributed by atoms with Gasteiger partial charge in [0.25, 0.3) is 0 Å². The minimum absolute atomic E-state index is 0.0737. The van der Waals surface area contributed by atoms with Crippen molar-refractivity contribution < 1.29 is 24.5 Å². The van der Waals surface area contributed by atoms with Crippen molar-refractivity contribution >= 4 is 22.6 Å². The number of carbonyl (C=O) groups is 2. The highest BCUT2D eigenvalue weighted by molar-refractivity contribution is 5.88. The molecule has 0 heterocycles. The average molecular weight is 451 g/mol. The van der Waals surface area contributed by atoms with Gasteiger partial charge in [0.1, 0.15) is 5.75 Å². The van der Waals surface area contributed by atoms with Gasteiger partial charge < -0.3 is 25.6 Å². The van der Waals surface area contributed by atoms with Gasteiger partial charge in [-0.25, -0.2) is 0 Å². The molecule has 2 amide bonds. The van der Waals surface area contributed by atoms with E-state index in [1.54, 1.807) is 13.2 Å². The summed E-state index contributed by atoms with van der Waals surface area (Å²) in [5.41, 5.74) is 1.75. The largest absolute Gasteiger partial charge is 0.504 e. The Morgan fingerprint density at radius 1 is 0.909 bits per heavy atom. The number of methoxy groups -OCH3 is 1. The van der Waals surface area contributed by atoms with E-state index in [0.29, 0.717) is 32.4 Å². The maximum Gasteiger partial charge on any atom is 0.227 e. The van der Waals surface area contributed by atoms with Crippen LogP contribution in [-0.2, 0) is 16.0 Å². The molecule has 3 rings (SSSR count). The Morgan fingerprint density at radius 2 is 1.67 bits per heavy atom. The fraction of sp³-hybridized carbons (Fsp3) is 0.308. The molecule has 3 aromatic carbocycles. The van der Waals surface area contributed by atoms with Crippen LogP contribution in [0.3, 0.4) is 0 Å². The maximum atomic E-state index is 12.5. The van der Waals surface area contributed by atoms with E-state index < -0.39 is 0 Å². The van der Waals surface area contributed by atoms with Crippen LogP contribution in [0.25, 0.3) is 10.8 Å². The SMILES string of the molecule is COc1ccc2cc([C@H](C)C(=O)NCCCC(=O)NCCc3ccc(O)c(O)c3)ccc2c1. The molecular formula is C26H30N2O5. The van der Waals surface area contributed by atoms with Crippen molar-refractivity contribution in [1.82, 2.24) is 10.6 Å². The molecule has 0 fully saturated rings. The normalized spacial score (nSPS) is 11.7. The lowest BCUT2D eigenvalue weighted by atomic mass is 9.97. The summed E-state index contributed by atoms with van der Waals surface area (Å²) in [5, 5.41) is 26.7. The number of nitrogens with one attached hydrogen (secondary N) is 2. The highest BCUT2D eigenvalue weighted by Crippen LogP contribution is 2.26. The molecule has 7 nitrogen and oxygen atoms in total. The van der Waals surface area contributed by atoms with Gasteiger partial charge in [0.05, 0.1) is 13.0 Å². The van der Waals surface area contributed by atoms with Crippen LogP contribution in [-0.4, -0.2) is 42.2 Å². The molecule has 0 aliphatic heterocycles. The van der Waals surface area contributed by atoms with Crippen LogP contribution in [0.15, 0.2) is 54.6 Å². The van der Waals surface area contributed by atoms with Crippen molar-refractivity contribution in [3.8, 4) is 17.2 Å². The van der Waals surface area contributed by atoms with E-state index in [9.17, 15) is 19.8 Å². The van der Waals surface area contributed by atoms with Crippen molar-refractivity contribution in [1.29, 1.82) is 0 Å². The zero-order valence-electron chi connectivity index (χ0n) is 18.9. The summed E-state index contributed by atoms with van der Waals surface area (Å²) in [6, 6.07) is 16.4. The summed E-state index contributed by atoms with van der Waals surface area (Å²) in [6.07, 6.45) is 1.40. The summed E-state index contributed by atoms with van der Waals surface area (Å²) < 4.78 is 5.25. The molecular weight excluding hydrogens is 420 g/mol. The van der Waals surface area contributed by atoms with Crippen LogP contribution in [0, 0.1) is 0 Å². The maximum absolute atomic E-state index is 12.5. The minimum atomic E-state index is -0.299. The molecule has 0 bridgehead atoms. The molecule has 0 aliphatic carbocycles. The molecule has 1 atom stereocenters. The first kappa shape index (κ1) is 23.9. The molecule has 174 valence electrons. The first-order valence-electron chi connectivity index (χ1n) is 11.0. The lowest BCUT2D eigenvalue weighted by molar-refractivity contribution is -0.123. The van der Waals surface area contributed by atoms with Crippen LogP contribution in [0.1, 0.15) is 36.8 Å². The van der Waals surface area contributed by atoms with E-state index in [1.165, 1.54) is 12.1 Å². The van der Waals surface area contributed by atoms with Gasteiger partial charge in [-0.2, -0.15) is 0 Å². The predicted octanol–water partition coefficient (Wildman–Crippen LogP) is 3.62. The first-order chi connectivity index (χ1) is 15.9. The third-order valence-electron chi connectivity index (χ3n) is 5.62. The van der Waals surface area contributed by atoms with Gasteiger partial charge in [0.15, 0.2) is 11.5 Å². The van der Waals surface area contributed by atoms with Crippen molar-refractivity contribution in [2.75, 3.05) is 20.2 Å². The Bertz CT molecular complexity index is 1130. The summed E-state index contributed by atoms with van der Waals surface area (Å²) in [5.74, 6) is -0.00871. The quantitative estimate of drug-likeness (QED) is 0.279. The summed E-state index contributed by atoms with van der Waals surface area (Å²) in [7, 11) is 1.63. The fourth-order valence-electron chi connectivity index (χ4n) is 3.56. The molecule has 33 heavy (non-hydrogen) atoms. The molecule has 0 unspecified atom stereocenters. The van der Waals surface area contributed by atoms with Gasteiger partial charge in [-0.05, 0) is 65.9 Å². The predicted molar refractivity (Wildman–Crippen MR) is 128 cm³/mol. The van der Waals surface area contributed by atoms with E-state index in [0.717, 1.165) is 27.6 Å². The molecule has 0 aromatic heterocycles. The van der Waals surface area contributed by atoms with Gasteiger partial charge in [-0.1, -0.05) is 30.3 Å². The number of rotatable bonds is 10. The Hall–Kier alpha value is -3.74. The third-order valence-corrected chi connectivity index (χ3v) is 5.62. The van der Waals surface area contributed by atoms with E-state index in [2.05, 4.69) is 10.6 Å². The van der Waals surface area contributed by atoms with Crippen LogP contribution < -0.4 is 15.4 Å². The molecule has 7 heteroatoms. The average Bonchev–Trinajstić information content (AvgIpc) is 2.82. The van der Waals surface area contributed by atoms with Crippen LogP contribution in [0.4, 0.5) is 0 Å². The minimum Gasteiger partial charge on any atom is -0.504 e. The highest BCUT2D eigenvalue weighted by Gasteiger charge is 2.15. The second kappa shape index (κ2) is 11.2. The molecule has 0 spiro atoms. The third kappa shape index (κ3) is 6.62. The Labute approximate surface area is 193 Å². The number of amides is 2. The summed E-state index contributed by atoms with van der Waals surface area (Å²) in [6.45, 7) is 2.72. The number of phenolic OH excluding ortho intramolecular Hbond substituents is 2. The smallest absolute Gasteiger partial charge is 0.227 e. The van der Waals surface area contributed by atoms with Crippen molar-refractivity contribution in [2.24, 2.45) is 0 Å². The second-order valence-electron chi connectivity index (χ2n) is 8.01. The lowest BCUT2D eigenvalue weighted by Crippen LogP contribution is -2.30. The molecule has 3 aromatic rings. The molecule has 0 saturated heterocycles. The van der Waals surface area contributed by atoms with Gasteiger partial charge >= 0.3 is 0 Å². The Balaban J connectivity index is 1.38. The summed E-state index contributed by atoms with van der Waals surface area (Å²) in [4.78, 5) is 24.5. The highest BCUT2D eigenvalue weighted by atomic mass is 16.5. The zero-order chi connectivity index (χ0) is 23.8. The Kier molecular flexibility index (Phi) is 8.13. The lowest BCUT2D eigenvalue weighted by Gasteiger charge is -2.14. The number of hydrogen-bond acceptors (Lipinski definition) is 5. The number of benzene rings is 3. The summed E-state index contributed by atoms with van der Waals surface area (Å²) >= 11 is 0. The van der Waals surface area contributed by atoms with Gasteiger partial charge in [-0.15, -0.1) is 0 Å². The molecule has 0 radical (unpaired) electrons. The number of phenols is 2. The van der Waals surface area contributed by atoms with Gasteiger partial charge in [0, 0.05) is 19.5 Å². The number of aromatic hydroxyl groups is 2. The number of hydrogen-bond donors (Lipinski definition) is 4. The van der Waals surface area contributed by atoms with Crippen molar-refractivity contribution in [3.63, 3.8) is 0 Å². The van der Waals surface area contributed by atoms with E-state index >= 15 is 0 Å². The fourth-order valence-corrected chi connectivity index (χ4v) is 3.56. The molecule has 0 aliphatic rings. The van der Waals surface area contributed by atoms with Crippen LogP contribution >= 0.6 is 0 Å². The molecule has 0 saturated carbocycles. The first-order valence-corrected chi connectivity index (χ1v) is 11.0. The van der Waals surface area contributed by atoms with Crippen molar-refractivity contribution in [3.05, 3.63) is 65.7 Å². The van der Waals surface area contributed by atoms with Crippen LogP contribution in [0.2, 0.25) is 0 Å². The number of carbonyl (C=O) groups excluding carboxylic acids is 2. The molecule has 4 N–H and O–H groups in total. The second-order valence-corrected chi connectivity index (χ2v) is 8.01. The number of fused-ring (bicyclic) bond motifs is 1. The van der Waals surface area contributed by atoms with Crippen molar-refractivity contribution in [2.45, 2.75) is 32.1 Å². The Morgan fingerprint density at radius 3 is 2.42 bits per heavy atom. The van der Waals surface area contributed by atoms with E-state index in [4.69, 9.17) is 4.74 Å². The van der Waals surface area contributed by atoms with Crippen LogP contribution in [0.5, 0.6) is 17.2 Å². The topological polar surface area (TPSA) is 108 Å². The zero-order valence-corrected chi connectivity index (χ0v) is 18.9. The van der Waals surface area contributed by atoms with E-state index in [1.807, 2.05) is 43.3 Å². The van der Waals surface area contributed by atoms with Gasteiger partial charge in [-0.3, -0.25) is 9.59 Å². The monoisotopic (exact) mass is 450 g/mol. The van der Waals surface area contributed by atoms with E-state index in [-0.39, 0.29) is 29.2 Å². The standard InChI is InChI=1S/C26H30N2O5/c1-17(19-6-7-21-16-22(33-2)9-8-20(21)15-19)26(32)28-12-3-4-25(31)27-13-11-18-5-10-23(29)24(30)14-18/h5-10,14-17,29-30H,3-4,11-13H2,1-2H3,(H,27,31)(H,28,32)/t17-/m0/s1. The van der Waals surface area contributed by atoms with Gasteiger partial charge in [0.2, 0.25) is 11.8 Å².